The lowest BCUT2D eigenvalue weighted by atomic mass is 9.97. The lowest BCUT2D eigenvalue weighted by Gasteiger charge is -2.18. The summed E-state index contributed by atoms with van der Waals surface area (Å²) in [7, 11) is 2.98. The molecule has 0 spiro atoms. The summed E-state index contributed by atoms with van der Waals surface area (Å²) in [6.07, 6.45) is 6.67. The topological polar surface area (TPSA) is 0 Å². The smallest absolute Gasteiger partial charge is 0.00977 e. The van der Waals surface area contributed by atoms with Crippen LogP contribution in [0.15, 0.2) is 0 Å². The van der Waals surface area contributed by atoms with Crippen molar-refractivity contribution >= 4 is 21.9 Å². The molecule has 0 aromatic heterocycles. The first kappa shape index (κ1) is 12.8. The Bertz CT molecular complexity index is 83.8. The highest BCUT2D eigenvalue weighted by atomic mass is 32.1. The molecule has 12 heavy (non-hydrogen) atoms. The molecule has 74 valence electrons. The van der Waals surface area contributed by atoms with Gasteiger partial charge in [-0.3, -0.25) is 0 Å². The van der Waals surface area contributed by atoms with E-state index >= 15 is 0 Å². The van der Waals surface area contributed by atoms with E-state index in [2.05, 4.69) is 35.7 Å². The fourth-order valence-electron chi connectivity index (χ4n) is 1.35. The predicted octanol–water partition coefficient (Wildman–Crippen LogP) is 3.77. The second-order valence-electron chi connectivity index (χ2n) is 3.65. The number of rotatable bonds is 7. The van der Waals surface area contributed by atoms with Crippen LogP contribution in [0.25, 0.3) is 0 Å². The lowest BCUT2D eigenvalue weighted by Crippen LogP contribution is -2.10. The summed E-state index contributed by atoms with van der Waals surface area (Å²) in [4.78, 5) is 0. The summed E-state index contributed by atoms with van der Waals surface area (Å²) in [5.41, 5.74) is 0.809. The highest BCUT2D eigenvalue weighted by molar-refractivity contribution is 7.80. The monoisotopic (exact) mass is 206 g/mol. The summed E-state index contributed by atoms with van der Waals surface area (Å²) in [6, 6.07) is 0. The van der Waals surface area contributed by atoms with Crippen molar-refractivity contribution in [1.82, 2.24) is 0 Å². The normalized spacial score (nSPS) is 16.0. The highest BCUT2D eigenvalue weighted by Crippen LogP contribution is 2.23. The van der Waals surface area contributed by atoms with Crippen LogP contribution in [0.3, 0.4) is 0 Å². The van der Waals surface area contributed by atoms with Gasteiger partial charge in [0.1, 0.15) is 0 Å². The molecule has 0 radical (unpaired) electrons. The van der Waals surface area contributed by atoms with E-state index in [9.17, 15) is 0 Å². The average Bonchev–Trinajstić information content (AvgIpc) is 2.10. The highest BCUT2D eigenvalue weighted by Gasteiger charge is 2.10. The first-order valence-electron chi connectivity index (χ1n) is 5.08. The van der Waals surface area contributed by atoms with Gasteiger partial charge < -0.3 is 0 Å². The molecule has 0 aromatic carbocycles. The fraction of sp³-hybridized carbons (Fsp3) is 1.00. The van der Waals surface area contributed by atoms with Gasteiger partial charge in [0, 0.05) is 0 Å². The molecule has 0 saturated carbocycles. The largest absolute Gasteiger partial charge is 0.179 e. The Kier molecular flexibility index (Phi) is 8.93. The zero-order valence-corrected chi connectivity index (χ0v) is 10.5. The predicted molar refractivity (Wildman–Crippen MR) is 65.3 cm³/mol. The Morgan fingerprint density at radius 1 is 1.25 bits per heavy atom. The molecule has 0 fully saturated rings. The Balaban J connectivity index is 3.39. The van der Waals surface area contributed by atoms with Crippen LogP contribution in [0.4, 0.5) is 0 Å². The van der Waals surface area contributed by atoms with E-state index in [1.807, 2.05) is 0 Å². The maximum Gasteiger partial charge on any atom is -0.00977 e. The summed E-state index contributed by atoms with van der Waals surface area (Å²) in [5, 5.41) is 0. The van der Waals surface area contributed by atoms with E-state index in [1.165, 1.54) is 32.1 Å². The second-order valence-corrected chi connectivity index (χ2v) is 4.95. The first-order valence-corrected chi connectivity index (χ1v) is 6.38. The van der Waals surface area contributed by atoms with Crippen molar-refractivity contribution in [1.29, 1.82) is 0 Å². The first-order chi connectivity index (χ1) is 5.72. The molecule has 0 heterocycles. The van der Waals surface area contributed by atoms with E-state index in [4.69, 9.17) is 0 Å². The third kappa shape index (κ3) is 6.31. The van der Waals surface area contributed by atoms with Crippen LogP contribution in [0.5, 0.6) is 0 Å². The van der Waals surface area contributed by atoms with Crippen molar-refractivity contribution in [2.45, 2.75) is 51.6 Å². The quantitative estimate of drug-likeness (QED) is 0.476. The van der Waals surface area contributed by atoms with Gasteiger partial charge in [0.15, 0.2) is 0 Å². The second kappa shape index (κ2) is 8.38. The molecular weight excluding hydrogens is 183 g/mol. The Morgan fingerprint density at radius 2 is 1.92 bits per heavy atom. The van der Waals surface area contributed by atoms with E-state index in [1.54, 1.807) is 0 Å². The number of hydrogen-bond donors (Lipinski definition) is 1. The van der Waals surface area contributed by atoms with Gasteiger partial charge >= 0.3 is 0 Å². The molecule has 0 aliphatic carbocycles. The molecule has 0 N–H and O–H groups in total. The molecular formula is C10H23PS. The van der Waals surface area contributed by atoms with E-state index in [-0.39, 0.29) is 0 Å². The maximum absolute atomic E-state index is 4.22. The fourth-order valence-corrected chi connectivity index (χ4v) is 1.96. The lowest BCUT2D eigenvalue weighted by molar-refractivity contribution is 0.467. The van der Waals surface area contributed by atoms with Crippen LogP contribution in [0, 0.1) is 5.92 Å². The average molecular weight is 206 g/mol. The van der Waals surface area contributed by atoms with Gasteiger partial charge in [0.05, 0.1) is 0 Å². The molecule has 0 aliphatic heterocycles. The van der Waals surface area contributed by atoms with Crippen molar-refractivity contribution in [2.24, 2.45) is 5.92 Å². The van der Waals surface area contributed by atoms with Crippen molar-refractivity contribution in [3.05, 3.63) is 0 Å². The van der Waals surface area contributed by atoms with Gasteiger partial charge in [-0.15, -0.1) is 9.24 Å². The Labute approximate surface area is 85.5 Å². The molecule has 0 saturated heterocycles. The minimum Gasteiger partial charge on any atom is -0.179 e. The molecule has 3 unspecified atom stereocenters. The van der Waals surface area contributed by atoms with Crippen molar-refractivity contribution in [3.63, 3.8) is 0 Å². The standard InChI is InChI=1S/C10H23PS/c1-3-4-6-9(2)10(11)7-5-8-12/h9-10,12H,3-8,11H2,1-2H3. The van der Waals surface area contributed by atoms with Crippen LogP contribution in [-0.4, -0.2) is 11.4 Å². The number of hydrogen-bond acceptors (Lipinski definition) is 1. The molecule has 0 amide bonds. The zero-order valence-electron chi connectivity index (χ0n) is 8.42. The van der Waals surface area contributed by atoms with Gasteiger partial charge in [-0.2, -0.15) is 12.6 Å². The van der Waals surface area contributed by atoms with Crippen LogP contribution < -0.4 is 0 Å². The minimum atomic E-state index is 0.809. The van der Waals surface area contributed by atoms with Gasteiger partial charge in [0.2, 0.25) is 0 Å². The molecule has 2 heteroatoms. The van der Waals surface area contributed by atoms with Crippen LogP contribution in [0.2, 0.25) is 0 Å². The third-order valence-electron chi connectivity index (χ3n) is 2.44. The SMILES string of the molecule is CCCCC(C)C(P)CCCS. The summed E-state index contributed by atoms with van der Waals surface area (Å²) < 4.78 is 0. The van der Waals surface area contributed by atoms with Crippen LogP contribution in [0.1, 0.15) is 46.0 Å². The Hall–Kier alpha value is 0.780. The van der Waals surface area contributed by atoms with E-state index in [0.29, 0.717) is 0 Å². The van der Waals surface area contributed by atoms with Crippen molar-refractivity contribution < 1.29 is 0 Å². The summed E-state index contributed by atoms with van der Waals surface area (Å²) >= 11 is 4.22. The molecule has 0 rings (SSSR count). The van der Waals surface area contributed by atoms with Crippen LogP contribution in [-0.2, 0) is 0 Å². The molecule has 0 bridgehead atoms. The zero-order chi connectivity index (χ0) is 9.40. The summed E-state index contributed by atoms with van der Waals surface area (Å²) in [6.45, 7) is 4.63. The van der Waals surface area contributed by atoms with Crippen molar-refractivity contribution in [2.75, 3.05) is 5.75 Å². The van der Waals surface area contributed by atoms with E-state index < -0.39 is 0 Å². The third-order valence-corrected chi connectivity index (χ3v) is 3.75. The number of unbranched alkanes of at least 4 members (excludes halogenated alkanes) is 1. The molecule has 0 aromatic rings. The molecule has 3 atom stereocenters. The van der Waals surface area contributed by atoms with Gasteiger partial charge in [-0.1, -0.05) is 33.1 Å². The van der Waals surface area contributed by atoms with Gasteiger partial charge in [-0.05, 0) is 30.2 Å². The van der Waals surface area contributed by atoms with Crippen molar-refractivity contribution in [3.8, 4) is 0 Å². The molecule has 0 aliphatic rings. The minimum absolute atomic E-state index is 0.809. The molecule has 0 nitrogen and oxygen atoms in total. The van der Waals surface area contributed by atoms with Gasteiger partial charge in [-0.25, -0.2) is 0 Å². The van der Waals surface area contributed by atoms with E-state index in [0.717, 1.165) is 17.3 Å². The summed E-state index contributed by atoms with van der Waals surface area (Å²) in [5.74, 6) is 1.90. The number of thiol groups is 1. The Morgan fingerprint density at radius 3 is 2.42 bits per heavy atom. The van der Waals surface area contributed by atoms with Crippen LogP contribution >= 0.6 is 21.9 Å². The maximum atomic E-state index is 4.22. The van der Waals surface area contributed by atoms with Gasteiger partial charge in [0.25, 0.3) is 0 Å².